The van der Waals surface area contributed by atoms with Gasteiger partial charge in [0, 0.05) is 10.8 Å². The van der Waals surface area contributed by atoms with E-state index in [1.54, 1.807) is 4.88 Å². The first-order valence-corrected chi connectivity index (χ1v) is 6.45. The van der Waals surface area contributed by atoms with Gasteiger partial charge in [0.05, 0.1) is 0 Å². The summed E-state index contributed by atoms with van der Waals surface area (Å²) in [6.07, 6.45) is 7.05. The third kappa shape index (κ3) is 2.26. The summed E-state index contributed by atoms with van der Waals surface area (Å²) in [6.45, 7) is 0. The fraction of sp³-hybridized carbons (Fsp3) is 0.636. The van der Waals surface area contributed by atoms with Crippen molar-refractivity contribution in [1.29, 1.82) is 0 Å². The first kappa shape index (κ1) is 9.54. The summed E-state index contributed by atoms with van der Waals surface area (Å²) in [5, 5.41) is 2.21. The lowest BCUT2D eigenvalue weighted by atomic mass is 9.88. The van der Waals surface area contributed by atoms with E-state index in [1.807, 2.05) is 11.3 Å². The summed E-state index contributed by atoms with van der Waals surface area (Å²) in [4.78, 5) is 1.57. The molecule has 0 atom stereocenters. The summed E-state index contributed by atoms with van der Waals surface area (Å²) < 4.78 is 0. The minimum Gasteiger partial charge on any atom is -0.148 e. The molecule has 0 radical (unpaired) electrons. The number of hydrogen-bond donors (Lipinski definition) is 0. The van der Waals surface area contributed by atoms with Crippen molar-refractivity contribution in [3.63, 3.8) is 0 Å². The predicted molar refractivity (Wildman–Crippen MR) is 59.7 cm³/mol. The van der Waals surface area contributed by atoms with Crippen molar-refractivity contribution in [2.45, 2.75) is 43.9 Å². The Hall–Kier alpha value is -0.0100. The molecule has 72 valence electrons. The van der Waals surface area contributed by atoms with Gasteiger partial charge in [-0.05, 0) is 35.8 Å². The van der Waals surface area contributed by atoms with E-state index in [-0.39, 0.29) is 0 Å². The van der Waals surface area contributed by atoms with E-state index in [0.717, 1.165) is 5.92 Å². The topological polar surface area (TPSA) is 0 Å². The van der Waals surface area contributed by atoms with Crippen LogP contribution in [0.4, 0.5) is 0 Å². The van der Waals surface area contributed by atoms with Gasteiger partial charge in [-0.15, -0.1) is 22.9 Å². The maximum absolute atomic E-state index is 5.79. The Balaban J connectivity index is 2.05. The van der Waals surface area contributed by atoms with E-state index >= 15 is 0 Å². The SMILES string of the molecule is ClCc1csc(C2CCCCC2)c1. The van der Waals surface area contributed by atoms with Gasteiger partial charge in [0.15, 0.2) is 0 Å². The van der Waals surface area contributed by atoms with Crippen molar-refractivity contribution in [3.8, 4) is 0 Å². The Morgan fingerprint density at radius 2 is 2.08 bits per heavy atom. The van der Waals surface area contributed by atoms with Crippen molar-refractivity contribution < 1.29 is 0 Å². The minimum atomic E-state index is 0.670. The Morgan fingerprint density at radius 3 is 2.69 bits per heavy atom. The highest BCUT2D eigenvalue weighted by Crippen LogP contribution is 2.36. The van der Waals surface area contributed by atoms with Crippen LogP contribution in [0.2, 0.25) is 0 Å². The van der Waals surface area contributed by atoms with Crippen LogP contribution in [0.5, 0.6) is 0 Å². The van der Waals surface area contributed by atoms with E-state index in [0.29, 0.717) is 5.88 Å². The molecule has 0 N–H and O–H groups in total. The Bertz CT molecular complexity index is 261. The van der Waals surface area contributed by atoms with Crippen molar-refractivity contribution in [2.24, 2.45) is 0 Å². The molecule has 2 heteroatoms. The molecule has 0 aromatic carbocycles. The molecule has 0 saturated heterocycles. The Morgan fingerprint density at radius 1 is 1.31 bits per heavy atom. The summed E-state index contributed by atoms with van der Waals surface area (Å²) in [6, 6.07) is 2.30. The molecule has 1 aliphatic carbocycles. The van der Waals surface area contributed by atoms with Gasteiger partial charge in [-0.2, -0.15) is 0 Å². The maximum Gasteiger partial charge on any atom is 0.0482 e. The zero-order chi connectivity index (χ0) is 9.10. The third-order valence-electron chi connectivity index (χ3n) is 2.84. The molecule has 1 aromatic rings. The van der Waals surface area contributed by atoms with Crippen molar-refractivity contribution in [2.75, 3.05) is 0 Å². The second-order valence-electron chi connectivity index (χ2n) is 3.83. The average molecular weight is 215 g/mol. The van der Waals surface area contributed by atoms with Crippen molar-refractivity contribution >= 4 is 22.9 Å². The summed E-state index contributed by atoms with van der Waals surface area (Å²) in [5.74, 6) is 1.51. The zero-order valence-electron chi connectivity index (χ0n) is 7.76. The number of alkyl halides is 1. The predicted octanol–water partition coefficient (Wildman–Crippen LogP) is 4.53. The van der Waals surface area contributed by atoms with Crippen LogP contribution in [0.25, 0.3) is 0 Å². The zero-order valence-corrected chi connectivity index (χ0v) is 9.33. The minimum absolute atomic E-state index is 0.670. The molecule has 1 aromatic heterocycles. The molecule has 0 unspecified atom stereocenters. The van der Waals surface area contributed by atoms with Crippen LogP contribution in [0.3, 0.4) is 0 Å². The van der Waals surface area contributed by atoms with E-state index in [1.165, 1.54) is 37.7 Å². The summed E-state index contributed by atoms with van der Waals surface area (Å²) in [5.41, 5.74) is 1.30. The normalized spacial score (nSPS) is 19.2. The van der Waals surface area contributed by atoms with Gasteiger partial charge in [-0.3, -0.25) is 0 Å². The molecule has 2 rings (SSSR count). The second-order valence-corrected chi connectivity index (χ2v) is 5.04. The first-order chi connectivity index (χ1) is 6.40. The van der Waals surface area contributed by atoms with Crippen LogP contribution in [0.1, 0.15) is 48.5 Å². The highest BCUT2D eigenvalue weighted by atomic mass is 35.5. The van der Waals surface area contributed by atoms with E-state index < -0.39 is 0 Å². The van der Waals surface area contributed by atoms with Crippen LogP contribution in [0, 0.1) is 0 Å². The number of hydrogen-bond acceptors (Lipinski definition) is 1. The molecule has 1 aliphatic rings. The van der Waals surface area contributed by atoms with Crippen LogP contribution < -0.4 is 0 Å². The summed E-state index contributed by atoms with van der Waals surface area (Å²) >= 11 is 7.68. The van der Waals surface area contributed by atoms with E-state index in [9.17, 15) is 0 Å². The van der Waals surface area contributed by atoms with Gasteiger partial charge in [-0.1, -0.05) is 19.3 Å². The van der Waals surface area contributed by atoms with Gasteiger partial charge < -0.3 is 0 Å². The fourth-order valence-electron chi connectivity index (χ4n) is 2.07. The van der Waals surface area contributed by atoms with Gasteiger partial charge in [-0.25, -0.2) is 0 Å². The lowest BCUT2D eigenvalue weighted by Crippen LogP contribution is -2.02. The van der Waals surface area contributed by atoms with E-state index in [4.69, 9.17) is 11.6 Å². The first-order valence-electron chi connectivity index (χ1n) is 5.03. The lowest BCUT2D eigenvalue weighted by Gasteiger charge is -2.19. The van der Waals surface area contributed by atoms with Crippen LogP contribution >= 0.6 is 22.9 Å². The molecular weight excluding hydrogens is 200 g/mol. The fourth-order valence-corrected chi connectivity index (χ4v) is 3.40. The van der Waals surface area contributed by atoms with Crippen LogP contribution in [0.15, 0.2) is 11.4 Å². The highest BCUT2D eigenvalue weighted by Gasteiger charge is 2.16. The molecule has 1 fully saturated rings. The molecule has 0 bridgehead atoms. The smallest absolute Gasteiger partial charge is 0.0482 e. The number of rotatable bonds is 2. The average Bonchev–Trinajstić information content (AvgIpc) is 2.67. The van der Waals surface area contributed by atoms with Gasteiger partial charge in [0.2, 0.25) is 0 Å². The molecule has 0 aliphatic heterocycles. The molecular formula is C11H15ClS. The number of halogens is 1. The van der Waals surface area contributed by atoms with Crippen LogP contribution in [-0.4, -0.2) is 0 Å². The molecule has 13 heavy (non-hydrogen) atoms. The third-order valence-corrected chi connectivity index (χ3v) is 4.29. The Labute approximate surface area is 88.9 Å². The van der Waals surface area contributed by atoms with Gasteiger partial charge in [0.1, 0.15) is 0 Å². The molecule has 0 nitrogen and oxygen atoms in total. The monoisotopic (exact) mass is 214 g/mol. The molecule has 1 heterocycles. The largest absolute Gasteiger partial charge is 0.148 e. The summed E-state index contributed by atoms with van der Waals surface area (Å²) in [7, 11) is 0. The standard InChI is InChI=1S/C11H15ClS/c12-7-9-6-11(13-8-9)10-4-2-1-3-5-10/h6,8,10H,1-5,7H2. The van der Waals surface area contributed by atoms with Crippen molar-refractivity contribution in [3.05, 3.63) is 21.9 Å². The molecule has 1 saturated carbocycles. The van der Waals surface area contributed by atoms with Crippen LogP contribution in [-0.2, 0) is 5.88 Å². The molecule has 0 spiro atoms. The van der Waals surface area contributed by atoms with Gasteiger partial charge >= 0.3 is 0 Å². The molecule has 0 amide bonds. The Kier molecular flexibility index (Phi) is 3.28. The van der Waals surface area contributed by atoms with Crippen molar-refractivity contribution in [1.82, 2.24) is 0 Å². The highest BCUT2D eigenvalue weighted by molar-refractivity contribution is 7.10. The maximum atomic E-state index is 5.79. The lowest BCUT2D eigenvalue weighted by molar-refractivity contribution is 0.448. The second kappa shape index (κ2) is 4.47. The van der Waals surface area contributed by atoms with E-state index in [2.05, 4.69) is 11.4 Å². The van der Waals surface area contributed by atoms with Gasteiger partial charge in [0.25, 0.3) is 0 Å². The quantitative estimate of drug-likeness (QED) is 0.635. The number of thiophene rings is 1.